The molecule has 0 radical (unpaired) electrons. The van der Waals surface area contributed by atoms with Gasteiger partial charge in [0.25, 0.3) is 0 Å². The molecule has 0 aromatic heterocycles. The van der Waals surface area contributed by atoms with E-state index in [1.165, 1.54) is 5.56 Å². The number of aryl methyl sites for hydroxylation is 1. The largest absolute Gasteiger partial charge is 0.385 e. The molecule has 0 aliphatic carbocycles. The van der Waals surface area contributed by atoms with Crippen LogP contribution in [0.25, 0.3) is 4.98 Å². The third-order valence-electron chi connectivity index (χ3n) is 2.80. The molecule has 2 rings (SSSR count). The van der Waals surface area contributed by atoms with Crippen LogP contribution < -0.4 is 5.32 Å². The zero-order chi connectivity index (χ0) is 12.6. The fourth-order valence-electron chi connectivity index (χ4n) is 1.82. The summed E-state index contributed by atoms with van der Waals surface area (Å²) in [5.74, 6) is 0. The summed E-state index contributed by atoms with van der Waals surface area (Å²) in [4.78, 5) is 3.12. The van der Waals surface area contributed by atoms with Gasteiger partial charge in [-0.3, -0.25) is 0 Å². The SMILES string of the molecule is N#[N+]c1ccc(NCCCc2ccccc2)cc1. The van der Waals surface area contributed by atoms with Gasteiger partial charge in [0.1, 0.15) is 0 Å². The van der Waals surface area contributed by atoms with E-state index < -0.39 is 0 Å². The van der Waals surface area contributed by atoms with E-state index in [1.54, 1.807) is 12.1 Å². The first-order valence-electron chi connectivity index (χ1n) is 6.11. The summed E-state index contributed by atoms with van der Waals surface area (Å²) in [5, 5.41) is 11.9. The molecule has 0 aliphatic rings. The predicted molar refractivity (Wildman–Crippen MR) is 74.4 cm³/mol. The summed E-state index contributed by atoms with van der Waals surface area (Å²) < 4.78 is 0. The van der Waals surface area contributed by atoms with Gasteiger partial charge in [-0.05, 0) is 30.5 Å². The van der Waals surface area contributed by atoms with Crippen LogP contribution in [0.4, 0.5) is 11.4 Å². The van der Waals surface area contributed by atoms with Crippen LogP contribution in [0.3, 0.4) is 0 Å². The van der Waals surface area contributed by atoms with E-state index >= 15 is 0 Å². The number of hydrogen-bond acceptors (Lipinski definition) is 2. The van der Waals surface area contributed by atoms with Crippen LogP contribution in [0.2, 0.25) is 0 Å². The van der Waals surface area contributed by atoms with Gasteiger partial charge in [0.2, 0.25) is 5.39 Å². The van der Waals surface area contributed by atoms with Crippen LogP contribution in [0.5, 0.6) is 0 Å². The molecule has 3 heteroatoms. The Kier molecular flexibility index (Phi) is 4.32. The van der Waals surface area contributed by atoms with Gasteiger partial charge < -0.3 is 5.32 Å². The molecule has 1 N–H and O–H groups in total. The zero-order valence-corrected chi connectivity index (χ0v) is 10.2. The summed E-state index contributed by atoms with van der Waals surface area (Å²) in [7, 11) is 0. The molecule has 0 saturated heterocycles. The molecule has 90 valence electrons. The first-order chi connectivity index (χ1) is 8.88. The molecule has 0 heterocycles. The fraction of sp³-hybridized carbons (Fsp3) is 0.200. The number of benzene rings is 2. The van der Waals surface area contributed by atoms with Crippen molar-refractivity contribution in [3.63, 3.8) is 0 Å². The molecule has 0 saturated carbocycles. The highest BCUT2D eigenvalue weighted by atomic mass is 14.9. The van der Waals surface area contributed by atoms with Crippen molar-refractivity contribution in [2.45, 2.75) is 12.8 Å². The lowest BCUT2D eigenvalue weighted by Crippen LogP contribution is -2.02. The van der Waals surface area contributed by atoms with E-state index in [2.05, 4.69) is 34.6 Å². The van der Waals surface area contributed by atoms with Crippen molar-refractivity contribution in [1.29, 1.82) is 5.39 Å². The van der Waals surface area contributed by atoms with Crippen LogP contribution >= 0.6 is 0 Å². The fourth-order valence-corrected chi connectivity index (χ4v) is 1.82. The van der Waals surface area contributed by atoms with Crippen LogP contribution in [-0.2, 0) is 6.42 Å². The summed E-state index contributed by atoms with van der Waals surface area (Å²) in [6, 6.07) is 17.9. The van der Waals surface area contributed by atoms with E-state index in [0.29, 0.717) is 5.69 Å². The predicted octanol–water partition coefficient (Wildman–Crippen LogP) is 4.22. The van der Waals surface area contributed by atoms with Gasteiger partial charge in [0, 0.05) is 24.4 Å². The first-order valence-corrected chi connectivity index (χ1v) is 6.11. The third-order valence-corrected chi connectivity index (χ3v) is 2.80. The van der Waals surface area contributed by atoms with Crippen LogP contribution in [0.1, 0.15) is 12.0 Å². The molecule has 0 aliphatic heterocycles. The lowest BCUT2D eigenvalue weighted by Gasteiger charge is -2.05. The Balaban J connectivity index is 1.74. The first kappa shape index (κ1) is 12.1. The molecule has 0 amide bonds. The molecular formula is C15H16N3+. The van der Waals surface area contributed by atoms with E-state index in [0.717, 1.165) is 25.1 Å². The normalized spacial score (nSPS) is 9.72. The number of hydrogen-bond donors (Lipinski definition) is 1. The minimum absolute atomic E-state index is 0.574. The molecule has 18 heavy (non-hydrogen) atoms. The quantitative estimate of drug-likeness (QED) is 0.626. The van der Waals surface area contributed by atoms with Crippen LogP contribution in [0, 0.1) is 5.39 Å². The maximum atomic E-state index is 8.57. The summed E-state index contributed by atoms with van der Waals surface area (Å²) in [5.41, 5.74) is 2.99. The Hall–Kier alpha value is -2.34. The van der Waals surface area contributed by atoms with Crippen molar-refractivity contribution in [2.24, 2.45) is 0 Å². The lowest BCUT2D eigenvalue weighted by molar-refractivity contribution is 0.863. The summed E-state index contributed by atoms with van der Waals surface area (Å²) in [6.07, 6.45) is 2.17. The Morgan fingerprint density at radius 1 is 0.944 bits per heavy atom. The molecule has 0 bridgehead atoms. The second-order valence-electron chi connectivity index (χ2n) is 4.16. The Labute approximate surface area is 107 Å². The van der Waals surface area contributed by atoms with E-state index in [9.17, 15) is 0 Å². The van der Waals surface area contributed by atoms with Crippen molar-refractivity contribution >= 4 is 11.4 Å². The third kappa shape index (κ3) is 3.60. The van der Waals surface area contributed by atoms with Gasteiger partial charge in [-0.2, -0.15) is 0 Å². The Bertz CT molecular complexity index is 512. The second kappa shape index (κ2) is 6.41. The Morgan fingerprint density at radius 2 is 1.67 bits per heavy atom. The number of nitrogens with zero attached hydrogens (tertiary/aromatic N) is 2. The van der Waals surface area contributed by atoms with Crippen molar-refractivity contribution < 1.29 is 0 Å². The van der Waals surface area contributed by atoms with Gasteiger partial charge in [-0.1, -0.05) is 30.3 Å². The molecule has 2 aromatic rings. The molecule has 0 atom stereocenters. The van der Waals surface area contributed by atoms with E-state index in [4.69, 9.17) is 5.39 Å². The zero-order valence-electron chi connectivity index (χ0n) is 10.2. The number of diazo groups is 1. The lowest BCUT2D eigenvalue weighted by atomic mass is 10.1. The summed E-state index contributed by atoms with van der Waals surface area (Å²) >= 11 is 0. The van der Waals surface area contributed by atoms with Crippen molar-refractivity contribution in [1.82, 2.24) is 0 Å². The van der Waals surface area contributed by atoms with Gasteiger partial charge in [-0.25, -0.2) is 0 Å². The average molecular weight is 238 g/mol. The maximum Gasteiger partial charge on any atom is 0.385 e. The molecule has 2 aromatic carbocycles. The maximum absolute atomic E-state index is 8.57. The van der Waals surface area contributed by atoms with Crippen molar-refractivity contribution in [2.75, 3.05) is 11.9 Å². The van der Waals surface area contributed by atoms with Crippen LogP contribution in [-0.4, -0.2) is 6.54 Å². The van der Waals surface area contributed by atoms with E-state index in [1.807, 2.05) is 18.2 Å². The number of anilines is 1. The topological polar surface area (TPSA) is 40.2 Å². The van der Waals surface area contributed by atoms with Gasteiger partial charge in [0.15, 0.2) is 4.98 Å². The minimum Gasteiger partial charge on any atom is -0.385 e. The van der Waals surface area contributed by atoms with Gasteiger partial charge >= 0.3 is 5.69 Å². The standard InChI is InChI=1S/C15H16N3/c16-18-15-10-8-14(9-11-15)17-12-4-7-13-5-2-1-3-6-13/h1-3,5-6,8-11,17H,4,7,12H2/q+1. The molecule has 0 spiro atoms. The number of rotatable bonds is 5. The Morgan fingerprint density at radius 3 is 2.33 bits per heavy atom. The van der Waals surface area contributed by atoms with Gasteiger partial charge in [0.05, 0.1) is 0 Å². The average Bonchev–Trinajstić information content (AvgIpc) is 2.45. The smallest absolute Gasteiger partial charge is 0.385 e. The molecule has 0 fully saturated rings. The highest BCUT2D eigenvalue weighted by Crippen LogP contribution is 2.15. The minimum atomic E-state index is 0.574. The monoisotopic (exact) mass is 238 g/mol. The highest BCUT2D eigenvalue weighted by molar-refractivity contribution is 5.53. The van der Waals surface area contributed by atoms with Crippen LogP contribution in [0.15, 0.2) is 54.6 Å². The second-order valence-corrected chi connectivity index (χ2v) is 4.16. The number of nitrogens with one attached hydrogen (secondary N) is 1. The van der Waals surface area contributed by atoms with E-state index in [-0.39, 0.29) is 0 Å². The molecule has 3 nitrogen and oxygen atoms in total. The van der Waals surface area contributed by atoms with Crippen molar-refractivity contribution in [3.05, 3.63) is 65.1 Å². The van der Waals surface area contributed by atoms with Crippen molar-refractivity contribution in [3.8, 4) is 0 Å². The summed E-state index contributed by atoms with van der Waals surface area (Å²) in [6.45, 7) is 0.935. The highest BCUT2D eigenvalue weighted by Gasteiger charge is 2.01. The molecular weight excluding hydrogens is 222 g/mol. The van der Waals surface area contributed by atoms with Gasteiger partial charge in [-0.15, -0.1) is 0 Å². The molecule has 0 unspecified atom stereocenters.